The van der Waals surface area contributed by atoms with E-state index in [4.69, 9.17) is 9.84 Å². The fraction of sp³-hybridized carbons (Fsp3) is 0.867. The lowest BCUT2D eigenvalue weighted by Gasteiger charge is -2.32. The molecular formula is C15H26N2O4. The summed E-state index contributed by atoms with van der Waals surface area (Å²) in [5.41, 5.74) is 0. The SMILES string of the molecule is O=C(O)CC1CCCN(C(=O)NCCC2CCCCO2)C1. The Kier molecular flexibility index (Phi) is 6.29. The Morgan fingerprint density at radius 1 is 1.24 bits per heavy atom. The number of carboxylic acids is 1. The predicted molar refractivity (Wildman–Crippen MR) is 78.2 cm³/mol. The third-order valence-corrected chi connectivity index (χ3v) is 4.29. The molecule has 2 atom stereocenters. The summed E-state index contributed by atoms with van der Waals surface area (Å²) in [7, 11) is 0. The zero-order valence-corrected chi connectivity index (χ0v) is 12.6. The number of likely N-dealkylation sites (tertiary alicyclic amines) is 1. The van der Waals surface area contributed by atoms with Crippen molar-refractivity contribution in [3.63, 3.8) is 0 Å². The Morgan fingerprint density at radius 2 is 2.10 bits per heavy atom. The van der Waals surface area contributed by atoms with Crippen molar-refractivity contribution in [2.45, 2.75) is 51.0 Å². The molecule has 2 unspecified atom stereocenters. The number of urea groups is 1. The first-order valence-electron chi connectivity index (χ1n) is 8.01. The molecule has 0 spiro atoms. The average Bonchev–Trinajstić information content (AvgIpc) is 2.48. The molecule has 21 heavy (non-hydrogen) atoms. The molecule has 2 aliphatic rings. The van der Waals surface area contributed by atoms with E-state index in [1.807, 2.05) is 0 Å². The lowest BCUT2D eigenvalue weighted by molar-refractivity contribution is -0.138. The van der Waals surface area contributed by atoms with Crippen molar-refractivity contribution in [2.75, 3.05) is 26.2 Å². The fourth-order valence-corrected chi connectivity index (χ4v) is 3.15. The van der Waals surface area contributed by atoms with E-state index in [0.717, 1.165) is 45.3 Å². The van der Waals surface area contributed by atoms with Gasteiger partial charge in [-0.15, -0.1) is 0 Å². The van der Waals surface area contributed by atoms with Crippen molar-refractivity contribution in [2.24, 2.45) is 5.92 Å². The fourth-order valence-electron chi connectivity index (χ4n) is 3.15. The van der Waals surface area contributed by atoms with Crippen LogP contribution in [0.2, 0.25) is 0 Å². The first-order valence-corrected chi connectivity index (χ1v) is 8.01. The van der Waals surface area contributed by atoms with E-state index >= 15 is 0 Å². The van der Waals surface area contributed by atoms with Crippen molar-refractivity contribution in [1.29, 1.82) is 0 Å². The molecular weight excluding hydrogens is 272 g/mol. The molecule has 0 radical (unpaired) electrons. The van der Waals surface area contributed by atoms with E-state index in [2.05, 4.69) is 5.32 Å². The molecule has 0 aliphatic carbocycles. The number of carboxylic acid groups (broad SMARTS) is 1. The molecule has 2 saturated heterocycles. The summed E-state index contributed by atoms with van der Waals surface area (Å²) in [6.45, 7) is 2.74. The molecule has 2 aliphatic heterocycles. The maximum absolute atomic E-state index is 12.1. The van der Waals surface area contributed by atoms with E-state index in [0.29, 0.717) is 13.1 Å². The van der Waals surface area contributed by atoms with Gasteiger partial charge in [-0.25, -0.2) is 4.79 Å². The first-order chi connectivity index (χ1) is 10.1. The van der Waals surface area contributed by atoms with Crippen LogP contribution in [0, 0.1) is 5.92 Å². The number of hydrogen-bond donors (Lipinski definition) is 2. The third-order valence-electron chi connectivity index (χ3n) is 4.29. The van der Waals surface area contributed by atoms with Gasteiger partial charge in [-0.2, -0.15) is 0 Å². The highest BCUT2D eigenvalue weighted by atomic mass is 16.5. The second-order valence-corrected chi connectivity index (χ2v) is 6.06. The zero-order chi connectivity index (χ0) is 15.1. The lowest BCUT2D eigenvalue weighted by atomic mass is 9.95. The van der Waals surface area contributed by atoms with Crippen LogP contribution >= 0.6 is 0 Å². The number of aliphatic carboxylic acids is 1. The summed E-state index contributed by atoms with van der Waals surface area (Å²) >= 11 is 0. The van der Waals surface area contributed by atoms with Crippen LogP contribution in [0.1, 0.15) is 44.9 Å². The monoisotopic (exact) mass is 298 g/mol. The Morgan fingerprint density at radius 3 is 2.81 bits per heavy atom. The van der Waals surface area contributed by atoms with E-state index in [9.17, 15) is 9.59 Å². The van der Waals surface area contributed by atoms with Crippen molar-refractivity contribution in [3.05, 3.63) is 0 Å². The maximum atomic E-state index is 12.1. The van der Waals surface area contributed by atoms with E-state index in [-0.39, 0.29) is 24.5 Å². The average molecular weight is 298 g/mol. The molecule has 0 aromatic rings. The van der Waals surface area contributed by atoms with E-state index in [1.165, 1.54) is 6.42 Å². The molecule has 2 heterocycles. The lowest BCUT2D eigenvalue weighted by Crippen LogP contribution is -2.46. The van der Waals surface area contributed by atoms with E-state index < -0.39 is 5.97 Å². The number of carbonyl (C=O) groups is 2. The van der Waals surface area contributed by atoms with Gasteiger partial charge in [0, 0.05) is 32.7 Å². The number of nitrogens with one attached hydrogen (secondary N) is 1. The summed E-state index contributed by atoms with van der Waals surface area (Å²) in [4.78, 5) is 24.6. The van der Waals surface area contributed by atoms with Crippen LogP contribution < -0.4 is 5.32 Å². The molecule has 0 bridgehead atoms. The van der Waals surface area contributed by atoms with Gasteiger partial charge >= 0.3 is 12.0 Å². The van der Waals surface area contributed by atoms with Crippen molar-refractivity contribution >= 4 is 12.0 Å². The summed E-state index contributed by atoms with van der Waals surface area (Å²) < 4.78 is 5.64. The van der Waals surface area contributed by atoms with Crippen LogP contribution in [0.5, 0.6) is 0 Å². The Balaban J connectivity index is 1.66. The van der Waals surface area contributed by atoms with Gasteiger partial charge in [0.25, 0.3) is 0 Å². The van der Waals surface area contributed by atoms with Crippen LogP contribution in [0.25, 0.3) is 0 Å². The highest BCUT2D eigenvalue weighted by Gasteiger charge is 2.25. The second-order valence-electron chi connectivity index (χ2n) is 6.06. The molecule has 6 nitrogen and oxygen atoms in total. The molecule has 0 saturated carbocycles. The molecule has 0 aromatic carbocycles. The minimum Gasteiger partial charge on any atom is -0.481 e. The summed E-state index contributed by atoms with van der Waals surface area (Å²) in [6.07, 6.45) is 6.50. The van der Waals surface area contributed by atoms with E-state index in [1.54, 1.807) is 4.90 Å². The Bertz CT molecular complexity index is 356. The zero-order valence-electron chi connectivity index (χ0n) is 12.6. The number of ether oxygens (including phenoxy) is 1. The van der Waals surface area contributed by atoms with Crippen molar-refractivity contribution in [3.8, 4) is 0 Å². The highest BCUT2D eigenvalue weighted by Crippen LogP contribution is 2.19. The number of amides is 2. The molecule has 6 heteroatoms. The van der Waals surface area contributed by atoms with Gasteiger partial charge in [0.2, 0.25) is 0 Å². The molecule has 2 amide bonds. The van der Waals surface area contributed by atoms with Gasteiger partial charge in [-0.1, -0.05) is 0 Å². The third kappa shape index (κ3) is 5.53. The number of hydrogen-bond acceptors (Lipinski definition) is 3. The minimum absolute atomic E-state index is 0.0686. The second kappa shape index (κ2) is 8.22. The normalized spacial score (nSPS) is 26.4. The topological polar surface area (TPSA) is 78.9 Å². The minimum atomic E-state index is -0.781. The van der Waals surface area contributed by atoms with Crippen LogP contribution in [-0.4, -0.2) is 54.4 Å². The standard InChI is InChI=1S/C15H26N2O4/c18-14(19)10-12-4-3-8-17(11-12)15(20)16-7-6-13-5-1-2-9-21-13/h12-13H,1-11H2,(H,16,20)(H,18,19). The van der Waals surface area contributed by atoms with Gasteiger partial charge in [-0.3, -0.25) is 4.79 Å². The largest absolute Gasteiger partial charge is 0.481 e. The van der Waals surface area contributed by atoms with Crippen LogP contribution in [-0.2, 0) is 9.53 Å². The maximum Gasteiger partial charge on any atom is 0.317 e. The summed E-state index contributed by atoms with van der Waals surface area (Å²) in [6, 6.07) is -0.0686. The Labute approximate surface area is 125 Å². The van der Waals surface area contributed by atoms with Gasteiger partial charge in [0.05, 0.1) is 6.10 Å². The van der Waals surface area contributed by atoms with Crippen LogP contribution in [0.3, 0.4) is 0 Å². The van der Waals surface area contributed by atoms with Crippen molar-refractivity contribution in [1.82, 2.24) is 10.2 Å². The van der Waals surface area contributed by atoms with Gasteiger partial charge in [0.1, 0.15) is 0 Å². The molecule has 2 fully saturated rings. The van der Waals surface area contributed by atoms with Crippen LogP contribution in [0.15, 0.2) is 0 Å². The molecule has 2 rings (SSSR count). The van der Waals surface area contributed by atoms with Gasteiger partial charge in [0.15, 0.2) is 0 Å². The Hall–Kier alpha value is -1.30. The summed E-state index contributed by atoms with van der Waals surface area (Å²) in [5, 5.41) is 11.8. The van der Waals surface area contributed by atoms with Gasteiger partial charge < -0.3 is 20.1 Å². The number of nitrogens with zero attached hydrogens (tertiary/aromatic N) is 1. The quantitative estimate of drug-likeness (QED) is 0.812. The molecule has 2 N–H and O–H groups in total. The summed E-state index contributed by atoms with van der Waals surface area (Å²) in [5.74, 6) is -0.694. The number of rotatable bonds is 5. The van der Waals surface area contributed by atoms with Crippen molar-refractivity contribution < 1.29 is 19.4 Å². The number of carbonyl (C=O) groups excluding carboxylic acids is 1. The predicted octanol–water partition coefficient (Wildman–Crippen LogP) is 1.84. The molecule has 0 aromatic heterocycles. The van der Waals surface area contributed by atoms with Gasteiger partial charge in [-0.05, 0) is 44.4 Å². The highest BCUT2D eigenvalue weighted by molar-refractivity contribution is 5.74. The first kappa shape index (κ1) is 16.1. The number of piperidine rings is 1. The smallest absolute Gasteiger partial charge is 0.317 e. The molecule has 120 valence electrons. The van der Waals surface area contributed by atoms with Crippen LogP contribution in [0.4, 0.5) is 4.79 Å².